The predicted molar refractivity (Wildman–Crippen MR) is 99.8 cm³/mol. The van der Waals surface area contributed by atoms with Gasteiger partial charge < -0.3 is 10.1 Å². The Hall–Kier alpha value is -2.70. The van der Waals surface area contributed by atoms with Crippen molar-refractivity contribution in [3.63, 3.8) is 0 Å². The van der Waals surface area contributed by atoms with Crippen LogP contribution in [-0.2, 0) is 0 Å². The SMILES string of the molecule is CC(C)c1ccc(Oc2ncnc(NC3CCCCC3)c2[N+](=O)[O-])cc1. The zero-order valence-electron chi connectivity index (χ0n) is 15.1. The van der Waals surface area contributed by atoms with Crippen LogP contribution in [0, 0.1) is 10.1 Å². The molecule has 7 heteroatoms. The number of aromatic nitrogens is 2. The van der Waals surface area contributed by atoms with Crippen LogP contribution in [0.15, 0.2) is 30.6 Å². The van der Waals surface area contributed by atoms with Crippen molar-refractivity contribution in [1.82, 2.24) is 9.97 Å². The van der Waals surface area contributed by atoms with E-state index in [9.17, 15) is 10.1 Å². The van der Waals surface area contributed by atoms with Crippen LogP contribution in [0.2, 0.25) is 0 Å². The van der Waals surface area contributed by atoms with E-state index in [1.807, 2.05) is 12.1 Å². The maximum absolute atomic E-state index is 11.6. The standard InChI is InChI=1S/C19H24N4O3/c1-13(2)14-8-10-16(11-9-14)26-19-17(23(24)25)18(20-12-21-19)22-15-6-4-3-5-7-15/h8-13,15H,3-7H2,1-2H3,(H,20,21,22). The lowest BCUT2D eigenvalue weighted by Gasteiger charge is -2.23. The molecule has 1 aromatic carbocycles. The third-order valence-corrected chi connectivity index (χ3v) is 4.68. The van der Waals surface area contributed by atoms with Crippen molar-refractivity contribution in [2.24, 2.45) is 0 Å². The van der Waals surface area contributed by atoms with Crippen LogP contribution < -0.4 is 10.1 Å². The number of rotatable bonds is 6. The highest BCUT2D eigenvalue weighted by molar-refractivity contribution is 5.62. The Morgan fingerprint density at radius 2 is 1.85 bits per heavy atom. The van der Waals surface area contributed by atoms with Crippen LogP contribution in [0.4, 0.5) is 11.5 Å². The third-order valence-electron chi connectivity index (χ3n) is 4.68. The van der Waals surface area contributed by atoms with Gasteiger partial charge in [0, 0.05) is 6.04 Å². The molecule has 0 unspecified atom stereocenters. The zero-order chi connectivity index (χ0) is 18.5. The molecule has 0 spiro atoms. The molecule has 1 aliphatic carbocycles. The number of hydrogen-bond donors (Lipinski definition) is 1. The molecule has 3 rings (SSSR count). The number of nitrogens with zero attached hydrogens (tertiary/aromatic N) is 3. The van der Waals surface area contributed by atoms with E-state index in [0.717, 1.165) is 25.7 Å². The van der Waals surface area contributed by atoms with Crippen LogP contribution in [0.1, 0.15) is 57.4 Å². The first-order valence-corrected chi connectivity index (χ1v) is 9.08. The molecule has 0 bridgehead atoms. The maximum Gasteiger partial charge on any atom is 0.373 e. The van der Waals surface area contributed by atoms with Crippen molar-refractivity contribution >= 4 is 11.5 Å². The van der Waals surface area contributed by atoms with E-state index in [1.54, 1.807) is 12.1 Å². The van der Waals surface area contributed by atoms with Gasteiger partial charge in [0.05, 0.1) is 4.92 Å². The fraction of sp³-hybridized carbons (Fsp3) is 0.474. The molecule has 0 saturated heterocycles. The molecule has 0 aliphatic heterocycles. The average Bonchev–Trinajstić information content (AvgIpc) is 2.63. The summed E-state index contributed by atoms with van der Waals surface area (Å²) in [5.41, 5.74) is 0.959. The van der Waals surface area contributed by atoms with Crippen molar-refractivity contribution in [1.29, 1.82) is 0 Å². The van der Waals surface area contributed by atoms with Gasteiger partial charge in [0.2, 0.25) is 5.82 Å². The van der Waals surface area contributed by atoms with Gasteiger partial charge in [-0.25, -0.2) is 4.98 Å². The monoisotopic (exact) mass is 356 g/mol. The molecule has 0 atom stereocenters. The Kier molecular flexibility index (Phi) is 5.65. The van der Waals surface area contributed by atoms with E-state index < -0.39 is 4.92 Å². The molecular weight excluding hydrogens is 332 g/mol. The Morgan fingerprint density at radius 3 is 2.46 bits per heavy atom. The van der Waals surface area contributed by atoms with Crippen molar-refractivity contribution in [2.45, 2.75) is 57.9 Å². The summed E-state index contributed by atoms with van der Waals surface area (Å²) >= 11 is 0. The minimum atomic E-state index is -0.483. The van der Waals surface area contributed by atoms with Crippen molar-refractivity contribution in [3.8, 4) is 11.6 Å². The second-order valence-corrected chi connectivity index (χ2v) is 6.94. The summed E-state index contributed by atoms with van der Waals surface area (Å²) in [6.07, 6.45) is 6.76. The summed E-state index contributed by atoms with van der Waals surface area (Å²) in [5, 5.41) is 14.8. The largest absolute Gasteiger partial charge is 0.434 e. The number of anilines is 1. The van der Waals surface area contributed by atoms with E-state index >= 15 is 0 Å². The molecule has 26 heavy (non-hydrogen) atoms. The van der Waals surface area contributed by atoms with Gasteiger partial charge in [-0.3, -0.25) is 10.1 Å². The third kappa shape index (κ3) is 4.28. The lowest BCUT2D eigenvalue weighted by atomic mass is 9.95. The van der Waals surface area contributed by atoms with Crippen LogP contribution in [-0.4, -0.2) is 20.9 Å². The molecule has 138 valence electrons. The van der Waals surface area contributed by atoms with E-state index in [-0.39, 0.29) is 23.4 Å². The Balaban J connectivity index is 1.84. The zero-order valence-corrected chi connectivity index (χ0v) is 15.1. The summed E-state index contributed by atoms with van der Waals surface area (Å²) in [6.45, 7) is 4.21. The van der Waals surface area contributed by atoms with Gasteiger partial charge >= 0.3 is 11.6 Å². The summed E-state index contributed by atoms with van der Waals surface area (Å²) < 4.78 is 5.70. The van der Waals surface area contributed by atoms with Gasteiger partial charge in [-0.15, -0.1) is 0 Å². The number of nitrogens with one attached hydrogen (secondary N) is 1. The van der Waals surface area contributed by atoms with Gasteiger partial charge in [0.25, 0.3) is 0 Å². The average molecular weight is 356 g/mol. The Bertz CT molecular complexity index is 756. The van der Waals surface area contributed by atoms with Gasteiger partial charge in [-0.05, 0) is 36.5 Å². The number of hydrogen-bond acceptors (Lipinski definition) is 6. The second kappa shape index (κ2) is 8.12. The van der Waals surface area contributed by atoms with E-state index in [4.69, 9.17) is 4.74 Å². The highest BCUT2D eigenvalue weighted by Gasteiger charge is 2.27. The maximum atomic E-state index is 11.6. The van der Waals surface area contributed by atoms with Gasteiger partial charge in [-0.2, -0.15) is 4.98 Å². The van der Waals surface area contributed by atoms with E-state index in [0.29, 0.717) is 11.7 Å². The van der Waals surface area contributed by atoms with Crippen LogP contribution >= 0.6 is 0 Å². The number of benzene rings is 1. The van der Waals surface area contributed by atoms with Crippen LogP contribution in [0.25, 0.3) is 0 Å². The smallest absolute Gasteiger partial charge is 0.373 e. The summed E-state index contributed by atoms with van der Waals surface area (Å²) in [6, 6.07) is 7.71. The normalized spacial score (nSPS) is 15.0. The van der Waals surface area contributed by atoms with Crippen molar-refractivity contribution in [2.75, 3.05) is 5.32 Å². The van der Waals surface area contributed by atoms with Gasteiger partial charge in [0.1, 0.15) is 12.1 Å². The van der Waals surface area contributed by atoms with Crippen molar-refractivity contribution in [3.05, 3.63) is 46.3 Å². The molecule has 1 aliphatic rings. The Labute approximate surface area is 153 Å². The quantitative estimate of drug-likeness (QED) is 0.575. The van der Waals surface area contributed by atoms with Crippen molar-refractivity contribution < 1.29 is 9.66 Å². The van der Waals surface area contributed by atoms with Crippen LogP contribution in [0.3, 0.4) is 0 Å². The van der Waals surface area contributed by atoms with Crippen LogP contribution in [0.5, 0.6) is 11.6 Å². The lowest BCUT2D eigenvalue weighted by molar-refractivity contribution is -0.385. The molecule has 0 amide bonds. The molecule has 1 saturated carbocycles. The molecular formula is C19H24N4O3. The molecule has 1 N–H and O–H groups in total. The highest BCUT2D eigenvalue weighted by Crippen LogP contribution is 2.35. The summed E-state index contributed by atoms with van der Waals surface area (Å²) in [4.78, 5) is 19.2. The predicted octanol–water partition coefficient (Wildman–Crippen LogP) is 5.05. The number of ether oxygens (including phenoxy) is 1. The first-order valence-electron chi connectivity index (χ1n) is 9.08. The van der Waals surface area contributed by atoms with Gasteiger partial charge in [0.15, 0.2) is 0 Å². The molecule has 1 aromatic heterocycles. The molecule has 1 heterocycles. The van der Waals surface area contributed by atoms with E-state index in [2.05, 4.69) is 29.1 Å². The second-order valence-electron chi connectivity index (χ2n) is 6.94. The first kappa shape index (κ1) is 18.1. The minimum absolute atomic E-state index is 0.0411. The highest BCUT2D eigenvalue weighted by atomic mass is 16.6. The topological polar surface area (TPSA) is 90.2 Å². The van der Waals surface area contributed by atoms with E-state index in [1.165, 1.54) is 18.3 Å². The molecule has 0 radical (unpaired) electrons. The minimum Gasteiger partial charge on any atom is -0.434 e. The lowest BCUT2D eigenvalue weighted by Crippen LogP contribution is -2.23. The fourth-order valence-corrected chi connectivity index (χ4v) is 3.18. The summed E-state index contributed by atoms with van der Waals surface area (Å²) in [5.74, 6) is 1.11. The molecule has 1 fully saturated rings. The fourth-order valence-electron chi connectivity index (χ4n) is 3.18. The number of nitro groups is 1. The van der Waals surface area contributed by atoms with Gasteiger partial charge in [-0.1, -0.05) is 45.2 Å². The molecule has 7 nitrogen and oxygen atoms in total. The summed E-state index contributed by atoms with van der Waals surface area (Å²) in [7, 11) is 0. The molecule has 2 aromatic rings. The Morgan fingerprint density at radius 1 is 1.15 bits per heavy atom. The first-order chi connectivity index (χ1) is 12.5.